The second kappa shape index (κ2) is 6.04. The van der Waals surface area contributed by atoms with Gasteiger partial charge in [-0.2, -0.15) is 0 Å². The molecule has 0 saturated heterocycles. The Morgan fingerprint density at radius 3 is 2.35 bits per heavy atom. The molecule has 0 spiro atoms. The maximum Gasteiger partial charge on any atom is 0.128 e. The lowest BCUT2D eigenvalue weighted by Crippen LogP contribution is -2.30. The van der Waals surface area contributed by atoms with Crippen LogP contribution >= 0.6 is 15.9 Å². The van der Waals surface area contributed by atoms with E-state index in [9.17, 15) is 4.39 Å². The second-order valence-corrected chi connectivity index (χ2v) is 5.99. The van der Waals surface area contributed by atoms with Gasteiger partial charge in [-0.15, -0.1) is 0 Å². The van der Waals surface area contributed by atoms with Gasteiger partial charge in [0, 0.05) is 10.0 Å². The second-order valence-electron chi connectivity index (χ2n) is 5.08. The Bertz CT molecular complexity index is 617. The van der Waals surface area contributed by atoms with Gasteiger partial charge in [0.15, 0.2) is 0 Å². The summed E-state index contributed by atoms with van der Waals surface area (Å²) in [5.74, 6) is 5.46. The quantitative estimate of drug-likeness (QED) is 0.655. The summed E-state index contributed by atoms with van der Waals surface area (Å²) in [6, 6.07) is 9.05. The first-order chi connectivity index (χ1) is 9.43. The van der Waals surface area contributed by atoms with Gasteiger partial charge < -0.3 is 0 Å². The SMILES string of the molecule is Cc1cc(C)c(C(NN)c2ccc(Br)cc2C)c(F)c1. The Hall–Kier alpha value is -1.23. The van der Waals surface area contributed by atoms with E-state index < -0.39 is 0 Å². The van der Waals surface area contributed by atoms with Gasteiger partial charge in [0.05, 0.1) is 6.04 Å². The van der Waals surface area contributed by atoms with Crippen LogP contribution in [0.15, 0.2) is 34.8 Å². The maximum atomic E-state index is 14.3. The minimum absolute atomic E-state index is 0.229. The van der Waals surface area contributed by atoms with E-state index in [2.05, 4.69) is 21.4 Å². The van der Waals surface area contributed by atoms with Crippen LogP contribution in [-0.2, 0) is 0 Å². The number of nitrogens with one attached hydrogen (secondary N) is 1. The van der Waals surface area contributed by atoms with Crippen LogP contribution in [0, 0.1) is 26.6 Å². The fraction of sp³-hybridized carbons (Fsp3) is 0.250. The minimum atomic E-state index is -0.358. The Morgan fingerprint density at radius 1 is 1.10 bits per heavy atom. The fourth-order valence-corrected chi connectivity index (χ4v) is 3.06. The summed E-state index contributed by atoms with van der Waals surface area (Å²) in [4.78, 5) is 0. The highest BCUT2D eigenvalue weighted by atomic mass is 79.9. The summed E-state index contributed by atoms with van der Waals surface area (Å²) < 4.78 is 15.3. The highest BCUT2D eigenvalue weighted by Gasteiger charge is 2.20. The van der Waals surface area contributed by atoms with E-state index in [0.717, 1.165) is 26.7 Å². The van der Waals surface area contributed by atoms with Gasteiger partial charge in [-0.05, 0) is 61.2 Å². The summed E-state index contributed by atoms with van der Waals surface area (Å²) >= 11 is 3.44. The molecule has 1 atom stereocenters. The topological polar surface area (TPSA) is 38.0 Å². The predicted octanol–water partition coefficient (Wildman–Crippen LogP) is 4.07. The van der Waals surface area contributed by atoms with E-state index in [-0.39, 0.29) is 11.9 Å². The number of halogens is 2. The molecular weight excluding hydrogens is 319 g/mol. The van der Waals surface area contributed by atoms with E-state index in [0.29, 0.717) is 5.56 Å². The monoisotopic (exact) mass is 336 g/mol. The molecule has 0 saturated carbocycles. The normalized spacial score (nSPS) is 12.5. The van der Waals surface area contributed by atoms with Gasteiger partial charge in [0.1, 0.15) is 5.82 Å². The van der Waals surface area contributed by atoms with Gasteiger partial charge in [0.25, 0.3) is 0 Å². The van der Waals surface area contributed by atoms with Gasteiger partial charge >= 0.3 is 0 Å². The van der Waals surface area contributed by atoms with Crippen LogP contribution < -0.4 is 11.3 Å². The first-order valence-electron chi connectivity index (χ1n) is 6.43. The molecule has 1 unspecified atom stereocenters. The molecule has 0 aliphatic heterocycles. The van der Waals surface area contributed by atoms with Crippen molar-refractivity contribution in [2.24, 2.45) is 5.84 Å². The fourth-order valence-electron chi connectivity index (χ4n) is 2.58. The number of rotatable bonds is 3. The van der Waals surface area contributed by atoms with Crippen molar-refractivity contribution in [2.45, 2.75) is 26.8 Å². The standard InChI is InChI=1S/C16H18BrFN2/c1-9-6-11(3)15(14(18)7-9)16(20-19)13-5-4-12(17)8-10(13)2/h4-8,16,20H,19H2,1-3H3. The van der Waals surface area contributed by atoms with Crippen LogP contribution in [0.25, 0.3) is 0 Å². The largest absolute Gasteiger partial charge is 0.271 e. The lowest BCUT2D eigenvalue weighted by Gasteiger charge is -2.22. The smallest absolute Gasteiger partial charge is 0.128 e. The molecule has 0 fully saturated rings. The molecule has 20 heavy (non-hydrogen) atoms. The molecule has 3 N–H and O–H groups in total. The van der Waals surface area contributed by atoms with E-state index in [1.165, 1.54) is 0 Å². The van der Waals surface area contributed by atoms with Gasteiger partial charge in [0.2, 0.25) is 0 Å². The summed E-state index contributed by atoms with van der Waals surface area (Å²) in [5.41, 5.74) is 7.18. The zero-order valence-corrected chi connectivity index (χ0v) is 13.4. The van der Waals surface area contributed by atoms with Crippen LogP contribution in [0.3, 0.4) is 0 Å². The molecule has 2 rings (SSSR count). The lowest BCUT2D eigenvalue weighted by molar-refractivity contribution is 0.555. The molecule has 2 nitrogen and oxygen atoms in total. The Morgan fingerprint density at radius 2 is 1.80 bits per heavy atom. The average Bonchev–Trinajstić information content (AvgIpc) is 2.34. The Labute approximate surface area is 127 Å². The minimum Gasteiger partial charge on any atom is -0.271 e. The molecule has 0 aliphatic rings. The summed E-state index contributed by atoms with van der Waals surface area (Å²) in [6.07, 6.45) is 0. The van der Waals surface area contributed by atoms with E-state index >= 15 is 0 Å². The van der Waals surface area contributed by atoms with Crippen LogP contribution in [0.2, 0.25) is 0 Å². The van der Waals surface area contributed by atoms with Crippen molar-refractivity contribution in [1.82, 2.24) is 5.43 Å². The Kier molecular flexibility index (Phi) is 4.58. The van der Waals surface area contributed by atoms with Crippen molar-refractivity contribution in [3.8, 4) is 0 Å². The van der Waals surface area contributed by atoms with Crippen LogP contribution in [0.4, 0.5) is 4.39 Å². The maximum absolute atomic E-state index is 14.3. The molecule has 2 aromatic rings. The summed E-state index contributed by atoms with van der Waals surface area (Å²) in [7, 11) is 0. The van der Waals surface area contributed by atoms with Crippen LogP contribution in [-0.4, -0.2) is 0 Å². The molecule has 0 amide bonds. The van der Waals surface area contributed by atoms with Gasteiger partial charge in [-0.25, -0.2) is 9.82 Å². The van der Waals surface area contributed by atoms with Crippen molar-refractivity contribution >= 4 is 15.9 Å². The number of nitrogens with two attached hydrogens (primary N) is 1. The molecule has 0 aliphatic carbocycles. The van der Waals surface area contributed by atoms with Crippen molar-refractivity contribution in [1.29, 1.82) is 0 Å². The van der Waals surface area contributed by atoms with Crippen molar-refractivity contribution in [2.75, 3.05) is 0 Å². The van der Waals surface area contributed by atoms with Crippen molar-refractivity contribution < 1.29 is 4.39 Å². The van der Waals surface area contributed by atoms with Crippen LogP contribution in [0.5, 0.6) is 0 Å². The van der Waals surface area contributed by atoms with Gasteiger partial charge in [-0.3, -0.25) is 5.84 Å². The number of hydrogen-bond acceptors (Lipinski definition) is 2. The van der Waals surface area contributed by atoms with E-state index in [1.54, 1.807) is 6.07 Å². The third-order valence-electron chi connectivity index (χ3n) is 3.48. The molecular formula is C16H18BrFN2. The molecule has 0 radical (unpaired) electrons. The average molecular weight is 337 g/mol. The summed E-state index contributed by atoms with van der Waals surface area (Å²) in [5, 5.41) is 0. The third-order valence-corrected chi connectivity index (χ3v) is 3.97. The zero-order valence-electron chi connectivity index (χ0n) is 11.8. The number of benzene rings is 2. The number of hydrazine groups is 1. The summed E-state index contributed by atoms with van der Waals surface area (Å²) in [6.45, 7) is 5.78. The first-order valence-corrected chi connectivity index (χ1v) is 7.22. The Balaban J connectivity index is 2.58. The predicted molar refractivity (Wildman–Crippen MR) is 83.9 cm³/mol. The van der Waals surface area contributed by atoms with Crippen molar-refractivity contribution in [3.05, 3.63) is 68.4 Å². The molecule has 2 aromatic carbocycles. The molecule has 0 bridgehead atoms. The third kappa shape index (κ3) is 2.92. The molecule has 0 heterocycles. The zero-order chi connectivity index (χ0) is 14.9. The number of aryl methyl sites for hydroxylation is 3. The molecule has 0 aromatic heterocycles. The van der Waals surface area contributed by atoms with Crippen molar-refractivity contribution in [3.63, 3.8) is 0 Å². The molecule has 4 heteroatoms. The highest BCUT2D eigenvalue weighted by molar-refractivity contribution is 9.10. The van der Waals surface area contributed by atoms with Gasteiger partial charge in [-0.1, -0.05) is 28.1 Å². The van der Waals surface area contributed by atoms with Crippen LogP contribution in [0.1, 0.15) is 33.9 Å². The van der Waals surface area contributed by atoms with E-state index in [1.807, 2.05) is 45.0 Å². The lowest BCUT2D eigenvalue weighted by atomic mass is 9.91. The number of hydrogen-bond donors (Lipinski definition) is 2. The molecule has 106 valence electrons. The first kappa shape index (κ1) is 15.2. The van der Waals surface area contributed by atoms with E-state index in [4.69, 9.17) is 5.84 Å². The highest BCUT2D eigenvalue weighted by Crippen LogP contribution is 2.30.